The number of unbranched alkanes of at least 4 members (excludes halogenated alkanes) is 1. The van der Waals surface area contributed by atoms with Crippen LogP contribution in [-0.4, -0.2) is 9.67 Å². The molecule has 1 N–H and O–H groups in total. The van der Waals surface area contributed by atoms with Gasteiger partial charge in [-0.3, -0.25) is 4.79 Å². The summed E-state index contributed by atoms with van der Waals surface area (Å²) in [5.41, 5.74) is -0.0544. The van der Waals surface area contributed by atoms with E-state index in [0.29, 0.717) is 6.54 Å². The lowest BCUT2D eigenvalue weighted by molar-refractivity contribution is 0.462. The van der Waals surface area contributed by atoms with Gasteiger partial charge in [-0.15, -0.1) is 0 Å². The van der Waals surface area contributed by atoms with Crippen LogP contribution in [0.2, 0.25) is 0 Å². The molecule has 0 aromatic carbocycles. The molecule has 12 heavy (non-hydrogen) atoms. The summed E-state index contributed by atoms with van der Waals surface area (Å²) < 4.78 is 1.53. The Morgan fingerprint density at radius 1 is 1.50 bits per heavy atom. The maximum Gasteiger partial charge on any atom is 0.250 e. The van der Waals surface area contributed by atoms with Gasteiger partial charge in [0.15, 0.2) is 0 Å². The number of rotatable bonds is 3. The number of hydrogen-bond donors (Lipinski definition) is 1. The monoisotopic (exact) mass is 167 g/mol. The molecule has 66 valence electrons. The zero-order valence-corrected chi connectivity index (χ0v) is 7.16. The van der Waals surface area contributed by atoms with Gasteiger partial charge in [0.2, 0.25) is 0 Å². The summed E-state index contributed by atoms with van der Waals surface area (Å²) >= 11 is 0. The maximum absolute atomic E-state index is 11.1. The summed E-state index contributed by atoms with van der Waals surface area (Å²) in [6.07, 6.45) is 3.48. The summed E-state index contributed by atoms with van der Waals surface area (Å²) in [6, 6.07) is 2.79. The molecule has 3 heteroatoms. The average molecular weight is 167 g/mol. The highest BCUT2D eigenvalue weighted by Gasteiger charge is 1.95. The van der Waals surface area contributed by atoms with Gasteiger partial charge >= 0.3 is 0 Å². The molecule has 3 nitrogen and oxygen atoms in total. The molecule has 0 amide bonds. The second-order valence-electron chi connectivity index (χ2n) is 2.77. The van der Waals surface area contributed by atoms with Gasteiger partial charge in [0.05, 0.1) is 0 Å². The minimum Gasteiger partial charge on any atom is -0.506 e. The highest BCUT2D eigenvalue weighted by Crippen LogP contribution is 2.03. The van der Waals surface area contributed by atoms with Crippen molar-refractivity contribution in [3.8, 4) is 5.75 Å². The number of hydrogen-bond acceptors (Lipinski definition) is 2. The first kappa shape index (κ1) is 8.84. The van der Waals surface area contributed by atoms with Crippen LogP contribution >= 0.6 is 0 Å². The lowest BCUT2D eigenvalue weighted by Gasteiger charge is -2.03. The number of aromatic nitrogens is 1. The van der Waals surface area contributed by atoms with E-state index in [0.717, 1.165) is 12.8 Å². The molecule has 1 rings (SSSR count). The highest BCUT2D eigenvalue weighted by atomic mass is 16.3. The predicted octanol–water partition coefficient (Wildman–Crippen LogP) is 1.35. The normalized spacial score (nSPS) is 10.1. The first-order valence-electron chi connectivity index (χ1n) is 4.13. The molecular weight excluding hydrogens is 154 g/mol. The molecule has 0 aliphatic heterocycles. The molecule has 1 aromatic rings. The Labute approximate surface area is 71.3 Å². The molecule has 0 unspecified atom stereocenters. The van der Waals surface area contributed by atoms with E-state index in [9.17, 15) is 4.79 Å². The number of nitrogens with zero attached hydrogens (tertiary/aromatic N) is 1. The zero-order chi connectivity index (χ0) is 8.97. The van der Waals surface area contributed by atoms with Crippen molar-refractivity contribution in [3.05, 3.63) is 28.7 Å². The molecule has 0 aliphatic rings. The zero-order valence-electron chi connectivity index (χ0n) is 7.16. The van der Waals surface area contributed by atoms with Gasteiger partial charge in [0.1, 0.15) is 5.75 Å². The first-order chi connectivity index (χ1) is 5.74. The minimum atomic E-state index is -0.0544. The molecule has 0 aliphatic carbocycles. The van der Waals surface area contributed by atoms with Crippen molar-refractivity contribution < 1.29 is 5.11 Å². The van der Waals surface area contributed by atoms with Gasteiger partial charge in [-0.1, -0.05) is 13.3 Å². The van der Waals surface area contributed by atoms with Gasteiger partial charge in [0.25, 0.3) is 5.56 Å². The van der Waals surface area contributed by atoms with E-state index in [1.807, 2.05) is 0 Å². The van der Waals surface area contributed by atoms with Gasteiger partial charge in [-0.25, -0.2) is 0 Å². The third-order valence-corrected chi connectivity index (χ3v) is 1.72. The summed E-state index contributed by atoms with van der Waals surface area (Å²) in [5.74, 6) is 0.144. The maximum atomic E-state index is 11.1. The average Bonchev–Trinajstić information content (AvgIpc) is 2.07. The Morgan fingerprint density at radius 2 is 2.25 bits per heavy atom. The first-order valence-corrected chi connectivity index (χ1v) is 4.13. The standard InChI is InChI=1S/C9H13NO2/c1-2-3-6-10-7-8(11)4-5-9(10)12/h4-5,7,11H,2-3,6H2,1H3. The van der Waals surface area contributed by atoms with Crippen molar-refractivity contribution in [2.75, 3.05) is 0 Å². The molecule has 0 saturated heterocycles. The van der Waals surface area contributed by atoms with E-state index in [1.54, 1.807) is 0 Å². The van der Waals surface area contributed by atoms with Gasteiger partial charge < -0.3 is 9.67 Å². The van der Waals surface area contributed by atoms with Crippen LogP contribution < -0.4 is 5.56 Å². The van der Waals surface area contributed by atoms with Crippen molar-refractivity contribution in [1.82, 2.24) is 4.57 Å². The van der Waals surface area contributed by atoms with Crippen LogP contribution in [0.4, 0.5) is 0 Å². The molecule has 0 fully saturated rings. The summed E-state index contributed by atoms with van der Waals surface area (Å²) in [5, 5.41) is 9.08. The molecule has 0 radical (unpaired) electrons. The van der Waals surface area contributed by atoms with Crippen molar-refractivity contribution in [2.24, 2.45) is 0 Å². The smallest absolute Gasteiger partial charge is 0.250 e. The van der Waals surface area contributed by atoms with Crippen molar-refractivity contribution in [1.29, 1.82) is 0 Å². The fraction of sp³-hybridized carbons (Fsp3) is 0.444. The largest absolute Gasteiger partial charge is 0.506 e. The van der Waals surface area contributed by atoms with Crippen molar-refractivity contribution >= 4 is 0 Å². The van der Waals surface area contributed by atoms with E-state index in [1.165, 1.54) is 22.9 Å². The quantitative estimate of drug-likeness (QED) is 0.738. The molecule has 0 saturated carbocycles. The minimum absolute atomic E-state index is 0.0544. The Hall–Kier alpha value is -1.25. The fourth-order valence-corrected chi connectivity index (χ4v) is 1.02. The van der Waals surface area contributed by atoms with E-state index >= 15 is 0 Å². The molecule has 0 atom stereocenters. The summed E-state index contributed by atoms with van der Waals surface area (Å²) in [7, 11) is 0. The summed E-state index contributed by atoms with van der Waals surface area (Å²) in [6.45, 7) is 2.75. The Balaban J connectivity index is 2.83. The Morgan fingerprint density at radius 3 is 2.92 bits per heavy atom. The van der Waals surface area contributed by atoms with Crippen molar-refractivity contribution in [2.45, 2.75) is 26.3 Å². The molecule has 1 aromatic heterocycles. The van der Waals surface area contributed by atoms with E-state index in [2.05, 4.69) is 6.92 Å². The van der Waals surface area contributed by atoms with Crippen LogP contribution in [0.25, 0.3) is 0 Å². The van der Waals surface area contributed by atoms with Crippen LogP contribution in [0.15, 0.2) is 23.1 Å². The van der Waals surface area contributed by atoms with Crippen LogP contribution in [-0.2, 0) is 6.54 Å². The van der Waals surface area contributed by atoms with Gasteiger partial charge in [-0.05, 0) is 12.5 Å². The number of aromatic hydroxyl groups is 1. The summed E-state index contributed by atoms with van der Waals surface area (Å²) in [4.78, 5) is 11.1. The van der Waals surface area contributed by atoms with Crippen LogP contribution in [0.5, 0.6) is 5.75 Å². The SMILES string of the molecule is CCCCn1cc(O)ccc1=O. The fourth-order valence-electron chi connectivity index (χ4n) is 1.02. The van der Waals surface area contributed by atoms with E-state index in [4.69, 9.17) is 5.11 Å². The third-order valence-electron chi connectivity index (χ3n) is 1.72. The highest BCUT2D eigenvalue weighted by molar-refractivity contribution is 5.14. The topological polar surface area (TPSA) is 42.2 Å². The lowest BCUT2D eigenvalue weighted by Crippen LogP contribution is -2.17. The molecule has 1 heterocycles. The predicted molar refractivity (Wildman–Crippen MR) is 47.3 cm³/mol. The second-order valence-corrected chi connectivity index (χ2v) is 2.77. The Bertz CT molecular complexity index is 304. The Kier molecular flexibility index (Phi) is 2.91. The third kappa shape index (κ3) is 2.12. The second kappa shape index (κ2) is 3.95. The van der Waals surface area contributed by atoms with E-state index < -0.39 is 0 Å². The van der Waals surface area contributed by atoms with Crippen LogP contribution in [0.1, 0.15) is 19.8 Å². The molecule has 0 spiro atoms. The number of pyridine rings is 1. The van der Waals surface area contributed by atoms with Crippen LogP contribution in [0.3, 0.4) is 0 Å². The molecular formula is C9H13NO2. The lowest BCUT2D eigenvalue weighted by atomic mass is 10.3. The van der Waals surface area contributed by atoms with Gasteiger partial charge in [0, 0.05) is 18.8 Å². The van der Waals surface area contributed by atoms with Crippen molar-refractivity contribution in [3.63, 3.8) is 0 Å². The number of aryl methyl sites for hydroxylation is 1. The van der Waals surface area contributed by atoms with Gasteiger partial charge in [-0.2, -0.15) is 0 Å². The molecule has 0 bridgehead atoms. The van der Waals surface area contributed by atoms with E-state index in [-0.39, 0.29) is 11.3 Å². The van der Waals surface area contributed by atoms with Crippen LogP contribution in [0, 0.1) is 0 Å².